The maximum absolute atomic E-state index is 15.1. The topological polar surface area (TPSA) is 756 Å². The summed E-state index contributed by atoms with van der Waals surface area (Å²) in [6.45, 7) is -1.30. The number of H-pyrrole nitrogens is 2. The van der Waals surface area contributed by atoms with Crippen molar-refractivity contribution in [2.45, 2.75) is 170 Å². The number of anilines is 1. The average molecular weight is 1860 g/mol. The number of aromatic amines is 2. The van der Waals surface area contributed by atoms with Crippen molar-refractivity contribution in [1.29, 1.82) is 0 Å². The number of benzene rings is 5. The Morgan fingerprint density at radius 1 is 0.500 bits per heavy atom. The van der Waals surface area contributed by atoms with Gasteiger partial charge >= 0.3 is 29.8 Å². The van der Waals surface area contributed by atoms with E-state index in [0.717, 1.165) is 31.7 Å². The van der Waals surface area contributed by atoms with Gasteiger partial charge in [-0.15, -0.1) is 0 Å². The highest BCUT2D eigenvalue weighted by molar-refractivity contribution is 6.05. The Balaban J connectivity index is 1.15. The molecule has 0 spiro atoms. The number of para-hydroxylation sites is 4. The zero-order chi connectivity index (χ0) is 98.2. The predicted octanol–water partition coefficient (Wildman–Crippen LogP) is -4.52. The van der Waals surface area contributed by atoms with Gasteiger partial charge in [0.1, 0.15) is 84.1 Å². The van der Waals surface area contributed by atoms with Crippen molar-refractivity contribution in [3.8, 4) is 11.5 Å². The van der Waals surface area contributed by atoms with Gasteiger partial charge in [-0.3, -0.25) is 95.9 Å². The molecule has 7 aromatic rings. The van der Waals surface area contributed by atoms with Crippen LogP contribution in [-0.2, 0) is 120 Å². The van der Waals surface area contributed by atoms with E-state index in [1.54, 1.807) is 116 Å². The molecule has 0 radical (unpaired) electrons. The highest BCUT2D eigenvalue weighted by atomic mass is 16.5. The fraction of sp³-hybridized carbons (Fsp3) is 0.368. The maximum Gasteiger partial charge on any atom is 0.329 e. The van der Waals surface area contributed by atoms with Crippen LogP contribution < -0.4 is 96.4 Å². The number of aromatic nitrogens is 2. The summed E-state index contributed by atoms with van der Waals surface area (Å²) >= 11 is 0. The number of nitrogens with two attached hydrogens (primary N) is 3. The molecule has 3 heterocycles. The fourth-order valence-electron chi connectivity index (χ4n) is 13.9. The summed E-state index contributed by atoms with van der Waals surface area (Å²) in [4.78, 5) is 298. The number of rotatable bonds is 35. The molecule has 1 aliphatic heterocycles. The monoisotopic (exact) mass is 1860 g/mol. The molecule has 15 amide bonds. The molecule has 8 rings (SSSR count). The van der Waals surface area contributed by atoms with Gasteiger partial charge in [-0.05, 0) is 104 Å². The average Bonchev–Trinajstić information content (AvgIpc) is 1.54. The molecule has 714 valence electrons. The van der Waals surface area contributed by atoms with Crippen molar-refractivity contribution in [2.24, 2.45) is 17.4 Å². The molecule has 134 heavy (non-hydrogen) atoms. The standard InChI is InChI=1S/C87H103N19O28/c1-42(28-70(113)114)74-86(131)104-63(32-65(108)52-18-7-10-19-53(52)88)87(132)133-44(3)75(106-83(128)62(36-73(119)120)103-82(127)59(33-66(90)109)101-81(126)58(31-47-38-93-56-21-12-9-17-51(47)56)98-67(110)29-45-23-25-49(26-24-45)134-48-14-5-4-6-15-48)85(130)95-40-68(111)97-57(22-13-27-91-77(122)54(89)30-46-37-92-55-20-11-8-16-50(46)55)79(124)102-61(35-72(117)118)80(125)96-43(2)76(121)100-60(34-71(115)116)78(123)94-39-69(112)99-64(41-107)84(129)105-74/h4-12,14-21,23-26,37-38,42-44,54,57-64,74-75,92-93,107H,13,22,27-36,39-41,88-89H2,1-3H3,(H2,90,109)(H,91,122)(H,94,123)(H,95,130)(H,96,125)(H,97,111)(H,98,110)(H,99,112)(H,100,121)(H,101,126)(H,102,124)(H,103,127)(H,104,131)(H,105,129)(H,106,128)(H,113,114)(H,115,116)(H,117,118)(H,119,120). The number of ketones is 1. The number of carbonyl (C=O) groups is 21. The van der Waals surface area contributed by atoms with E-state index in [-0.39, 0.29) is 43.5 Å². The first-order chi connectivity index (χ1) is 63.6. The van der Waals surface area contributed by atoms with Gasteiger partial charge in [0.2, 0.25) is 88.6 Å². The quantitative estimate of drug-likeness (QED) is 0.00770. The Labute approximate surface area is 761 Å². The van der Waals surface area contributed by atoms with E-state index in [1.165, 1.54) is 24.3 Å². The third-order valence-corrected chi connectivity index (χ3v) is 20.8. The van der Waals surface area contributed by atoms with Crippen LogP contribution in [0.5, 0.6) is 11.5 Å². The summed E-state index contributed by atoms with van der Waals surface area (Å²) < 4.78 is 11.6. The summed E-state index contributed by atoms with van der Waals surface area (Å²) in [5, 5.41) is 82.7. The Kier molecular flexibility index (Phi) is 38.1. The predicted molar refractivity (Wildman–Crippen MR) is 468 cm³/mol. The van der Waals surface area contributed by atoms with Crippen LogP contribution in [-0.4, -0.2) is 265 Å². The summed E-state index contributed by atoms with van der Waals surface area (Å²) in [5.41, 5.74) is 20.5. The van der Waals surface area contributed by atoms with Crippen LogP contribution >= 0.6 is 0 Å². The van der Waals surface area contributed by atoms with E-state index in [1.807, 2.05) is 16.0 Å². The normalized spacial score (nSPS) is 20.0. The van der Waals surface area contributed by atoms with Crippen molar-refractivity contribution in [3.63, 3.8) is 0 Å². The van der Waals surface area contributed by atoms with Crippen LogP contribution in [0.4, 0.5) is 5.69 Å². The second kappa shape index (κ2) is 49.5. The minimum atomic E-state index is -2.53. The minimum Gasteiger partial charge on any atom is -0.481 e. The van der Waals surface area contributed by atoms with Crippen LogP contribution in [0.25, 0.3) is 21.8 Å². The first kappa shape index (κ1) is 103. The van der Waals surface area contributed by atoms with Gasteiger partial charge in [0.05, 0.1) is 64.3 Å². The lowest BCUT2D eigenvalue weighted by Crippen LogP contribution is -2.62. The van der Waals surface area contributed by atoms with Crippen LogP contribution in [0.15, 0.2) is 140 Å². The number of aliphatic hydroxyl groups is 1. The second-order valence-corrected chi connectivity index (χ2v) is 31.3. The molecular weight excluding hydrogens is 1760 g/mol. The third kappa shape index (κ3) is 31.6. The summed E-state index contributed by atoms with van der Waals surface area (Å²) in [6, 6.07) is 9.48. The molecule has 0 saturated carbocycles. The molecule has 0 aliphatic carbocycles. The highest BCUT2D eigenvalue weighted by Gasteiger charge is 2.42. The number of Topliss-reactive ketones (excluding diaryl/α,β-unsaturated/α-hetero) is 1. The van der Waals surface area contributed by atoms with Crippen LogP contribution in [0.2, 0.25) is 0 Å². The van der Waals surface area contributed by atoms with E-state index in [2.05, 4.69) is 68.5 Å². The zero-order valence-electron chi connectivity index (χ0n) is 72.3. The van der Waals surface area contributed by atoms with Crippen molar-refractivity contribution >= 4 is 152 Å². The van der Waals surface area contributed by atoms with Gasteiger partial charge in [-0.1, -0.05) is 85.8 Å². The van der Waals surface area contributed by atoms with Gasteiger partial charge in [0.25, 0.3) is 0 Å². The number of hydrogen-bond acceptors (Lipinski definition) is 26. The molecule has 1 fully saturated rings. The Hall–Kier alpha value is -16.2. The number of fused-ring (bicyclic) bond motifs is 2. The number of esters is 1. The summed E-state index contributed by atoms with van der Waals surface area (Å²) in [6.07, 6.45) is -7.81. The molecule has 1 saturated heterocycles. The number of ether oxygens (including phenoxy) is 2. The molecule has 1 aliphatic rings. The van der Waals surface area contributed by atoms with E-state index < -0.39 is 273 Å². The van der Waals surface area contributed by atoms with Crippen LogP contribution in [0.1, 0.15) is 99.2 Å². The van der Waals surface area contributed by atoms with Crippen molar-refractivity contribution < 1.29 is 136 Å². The molecule has 14 unspecified atom stereocenters. The van der Waals surface area contributed by atoms with E-state index in [0.29, 0.717) is 39.1 Å². The summed E-state index contributed by atoms with van der Waals surface area (Å²) in [5.74, 6) is -30.6. The van der Waals surface area contributed by atoms with E-state index >= 15 is 14.4 Å². The molecule has 5 aromatic carbocycles. The number of carboxylic acids is 4. The SMILES string of the molecule is CC1NC(=O)C(CC(=O)O)NC(=O)C(CCCNC(=O)C(N)Cc2c[nH]c3ccccc23)NC(=O)CNC(=O)C(NC(=O)C(CC(=O)O)NC(=O)C(CC(N)=O)NC(=O)C(Cc2c[nH]c3ccccc23)NC(=O)Cc2ccc(Oc3ccccc3)cc2)C(C)OC(=O)C(CC(=O)c2ccccc2N)NC(=O)C(C(C)CC(=O)O)NC(=O)C(CO)NC(=O)CNC(=O)C(CC(=O)O)NC1=O. The van der Waals surface area contributed by atoms with Gasteiger partial charge in [-0.25, -0.2) is 4.79 Å². The number of nitrogens with one attached hydrogen (secondary N) is 16. The highest BCUT2D eigenvalue weighted by Crippen LogP contribution is 2.25. The van der Waals surface area contributed by atoms with Crippen LogP contribution in [0.3, 0.4) is 0 Å². The first-order valence-electron chi connectivity index (χ1n) is 41.8. The Morgan fingerprint density at radius 2 is 1.01 bits per heavy atom. The van der Waals surface area contributed by atoms with Gasteiger partial charge in [-0.2, -0.15) is 0 Å². The Morgan fingerprint density at radius 3 is 1.60 bits per heavy atom. The maximum atomic E-state index is 15.1. The smallest absolute Gasteiger partial charge is 0.329 e. The van der Waals surface area contributed by atoms with Crippen molar-refractivity contribution in [1.82, 2.24) is 84.4 Å². The van der Waals surface area contributed by atoms with E-state index in [9.17, 15) is 112 Å². The Bertz CT molecular complexity index is 5530. The summed E-state index contributed by atoms with van der Waals surface area (Å²) in [7, 11) is 0. The number of cyclic esters (lactones) is 1. The molecule has 0 bridgehead atoms. The molecule has 14 atom stereocenters. The van der Waals surface area contributed by atoms with Gasteiger partial charge in [0.15, 0.2) is 5.78 Å². The number of carboxylic acid groups (broad SMARTS) is 4. The number of aliphatic hydroxyl groups excluding tert-OH is 1. The largest absolute Gasteiger partial charge is 0.481 e. The second-order valence-electron chi connectivity index (χ2n) is 31.3. The van der Waals surface area contributed by atoms with Gasteiger partial charge in [0, 0.05) is 64.8 Å². The lowest BCUT2D eigenvalue weighted by atomic mass is 9.96. The number of aliphatic carboxylic acids is 4. The van der Waals surface area contributed by atoms with E-state index in [4.69, 9.17) is 26.7 Å². The number of carbonyl (C=O) groups excluding carboxylic acids is 17. The zero-order valence-corrected chi connectivity index (χ0v) is 72.3. The fourth-order valence-corrected chi connectivity index (χ4v) is 13.9. The van der Waals surface area contributed by atoms with Gasteiger partial charge < -0.3 is 137 Å². The third-order valence-electron chi connectivity index (χ3n) is 20.8. The molecular formula is C87H103N19O28. The lowest BCUT2D eigenvalue weighted by molar-refractivity contribution is -0.156. The molecule has 2 aromatic heterocycles. The lowest BCUT2D eigenvalue weighted by Gasteiger charge is -2.30. The number of hydrogen-bond donors (Lipinski definition) is 24. The molecule has 27 N–H and O–H groups in total. The molecule has 47 nitrogen and oxygen atoms in total. The van der Waals surface area contributed by atoms with Crippen LogP contribution in [0, 0.1) is 5.92 Å². The first-order valence-corrected chi connectivity index (χ1v) is 41.8. The minimum absolute atomic E-state index is 0.0152. The van der Waals surface area contributed by atoms with Crippen molar-refractivity contribution in [2.75, 3.05) is 32.0 Å². The number of nitrogen functional groups attached to an aromatic ring is 1. The van der Waals surface area contributed by atoms with Crippen molar-refractivity contribution in [3.05, 3.63) is 162 Å². The number of primary amides is 1. The number of amides is 15. The molecule has 47 heteroatoms.